The minimum Gasteiger partial charge on any atom is -0.330 e. The highest BCUT2D eigenvalue weighted by Gasteiger charge is 2.15. The van der Waals surface area contributed by atoms with Crippen LogP contribution in [0.15, 0.2) is 41.1 Å². The first-order valence-electron chi connectivity index (χ1n) is 7.09. The third-order valence-electron chi connectivity index (χ3n) is 3.60. The maximum absolute atomic E-state index is 11.7. The van der Waals surface area contributed by atoms with E-state index in [4.69, 9.17) is 5.73 Å². The fourth-order valence-corrected chi connectivity index (χ4v) is 3.07. The van der Waals surface area contributed by atoms with Gasteiger partial charge in [0.15, 0.2) is 0 Å². The summed E-state index contributed by atoms with van der Waals surface area (Å²) in [6.45, 7) is 2.54. The van der Waals surface area contributed by atoms with Crippen LogP contribution >= 0.6 is 11.3 Å². The predicted molar refractivity (Wildman–Crippen MR) is 86.1 cm³/mol. The van der Waals surface area contributed by atoms with Crippen LogP contribution in [0.25, 0.3) is 11.1 Å². The molecule has 0 saturated heterocycles. The number of carbonyl (C=O) groups excluding carboxylic acids is 1. The molecule has 0 aliphatic carbocycles. The van der Waals surface area contributed by atoms with Crippen molar-refractivity contribution in [2.45, 2.75) is 32.1 Å². The Hall–Kier alpha value is -1.45. The van der Waals surface area contributed by atoms with Gasteiger partial charge in [0.1, 0.15) is 5.78 Å². The second-order valence-corrected chi connectivity index (χ2v) is 5.79. The van der Waals surface area contributed by atoms with E-state index in [1.807, 2.05) is 6.92 Å². The van der Waals surface area contributed by atoms with Gasteiger partial charge in [0.25, 0.3) is 0 Å². The smallest absolute Gasteiger partial charge is 0.133 e. The van der Waals surface area contributed by atoms with E-state index in [9.17, 15) is 4.79 Å². The molecule has 20 heavy (non-hydrogen) atoms. The minimum absolute atomic E-state index is 0.242. The highest BCUT2D eigenvalue weighted by molar-refractivity contribution is 7.08. The van der Waals surface area contributed by atoms with Gasteiger partial charge in [0, 0.05) is 12.8 Å². The highest BCUT2D eigenvalue weighted by Crippen LogP contribution is 2.29. The Kier molecular flexibility index (Phi) is 5.50. The Bertz CT molecular complexity index is 548. The maximum atomic E-state index is 11.7. The standard InChI is InChI=1S/C17H21NOS/c1-2-17(19)11-15(6-8-18)13-4-3-5-14(10-13)16-7-9-20-12-16/h3-5,7,9-10,12,15H,2,6,8,11,18H2,1H3/t15-/m1/s1. The summed E-state index contributed by atoms with van der Waals surface area (Å²) in [5.41, 5.74) is 9.39. The Labute approximate surface area is 124 Å². The number of thiophene rings is 1. The molecule has 106 valence electrons. The number of hydrogen-bond donors (Lipinski definition) is 1. The third-order valence-corrected chi connectivity index (χ3v) is 4.28. The van der Waals surface area contributed by atoms with E-state index < -0.39 is 0 Å². The highest BCUT2D eigenvalue weighted by atomic mass is 32.1. The lowest BCUT2D eigenvalue weighted by molar-refractivity contribution is -0.119. The molecule has 1 aromatic heterocycles. The van der Waals surface area contributed by atoms with Gasteiger partial charge in [0.05, 0.1) is 0 Å². The summed E-state index contributed by atoms with van der Waals surface area (Å²) < 4.78 is 0. The maximum Gasteiger partial charge on any atom is 0.133 e. The van der Waals surface area contributed by atoms with E-state index in [1.54, 1.807) is 11.3 Å². The van der Waals surface area contributed by atoms with Gasteiger partial charge < -0.3 is 5.73 Å². The third kappa shape index (κ3) is 3.78. The number of hydrogen-bond acceptors (Lipinski definition) is 3. The lowest BCUT2D eigenvalue weighted by Gasteiger charge is -2.16. The van der Waals surface area contributed by atoms with Gasteiger partial charge in [-0.15, -0.1) is 0 Å². The van der Waals surface area contributed by atoms with E-state index in [1.165, 1.54) is 16.7 Å². The Morgan fingerprint density at radius 3 is 2.80 bits per heavy atom. The number of benzene rings is 1. The Morgan fingerprint density at radius 1 is 1.30 bits per heavy atom. The van der Waals surface area contributed by atoms with E-state index in [0.717, 1.165) is 6.42 Å². The molecule has 0 aliphatic heterocycles. The summed E-state index contributed by atoms with van der Waals surface area (Å²) in [7, 11) is 0. The predicted octanol–water partition coefficient (Wildman–Crippen LogP) is 4.22. The summed E-state index contributed by atoms with van der Waals surface area (Å²) in [5, 5.41) is 4.23. The second-order valence-electron chi connectivity index (χ2n) is 5.01. The van der Waals surface area contributed by atoms with Gasteiger partial charge in [-0.1, -0.05) is 31.2 Å². The van der Waals surface area contributed by atoms with E-state index >= 15 is 0 Å². The molecular weight excluding hydrogens is 266 g/mol. The largest absolute Gasteiger partial charge is 0.330 e. The van der Waals surface area contributed by atoms with Crippen molar-refractivity contribution in [3.05, 3.63) is 46.7 Å². The van der Waals surface area contributed by atoms with Crippen molar-refractivity contribution in [2.75, 3.05) is 6.54 Å². The van der Waals surface area contributed by atoms with Crippen LogP contribution in [-0.4, -0.2) is 12.3 Å². The molecular formula is C17H21NOS. The van der Waals surface area contributed by atoms with Crippen molar-refractivity contribution < 1.29 is 4.79 Å². The molecule has 1 atom stereocenters. The molecule has 0 spiro atoms. The molecule has 0 saturated carbocycles. The van der Waals surface area contributed by atoms with Gasteiger partial charge >= 0.3 is 0 Å². The average Bonchev–Trinajstić information content (AvgIpc) is 3.01. The molecule has 0 unspecified atom stereocenters. The van der Waals surface area contributed by atoms with Gasteiger partial charge in [0.2, 0.25) is 0 Å². The molecule has 2 nitrogen and oxygen atoms in total. The second kappa shape index (κ2) is 7.36. The Morgan fingerprint density at radius 2 is 2.15 bits per heavy atom. The van der Waals surface area contributed by atoms with Gasteiger partial charge in [-0.05, 0) is 52.4 Å². The molecule has 2 aromatic rings. The van der Waals surface area contributed by atoms with Crippen LogP contribution in [0.4, 0.5) is 0 Å². The number of nitrogens with two attached hydrogens (primary N) is 1. The molecule has 1 heterocycles. The Balaban J connectivity index is 2.24. The zero-order valence-electron chi connectivity index (χ0n) is 11.8. The summed E-state index contributed by atoms with van der Waals surface area (Å²) in [6.07, 6.45) is 2.06. The molecule has 2 N–H and O–H groups in total. The monoisotopic (exact) mass is 287 g/mol. The van der Waals surface area contributed by atoms with E-state index in [-0.39, 0.29) is 5.92 Å². The number of carbonyl (C=O) groups is 1. The molecule has 0 radical (unpaired) electrons. The lowest BCUT2D eigenvalue weighted by atomic mass is 9.88. The van der Waals surface area contributed by atoms with Crippen LogP contribution in [-0.2, 0) is 4.79 Å². The van der Waals surface area contributed by atoms with E-state index in [0.29, 0.717) is 25.2 Å². The van der Waals surface area contributed by atoms with Crippen molar-refractivity contribution >= 4 is 17.1 Å². The summed E-state index contributed by atoms with van der Waals surface area (Å²) in [6, 6.07) is 10.6. The number of rotatable bonds is 7. The molecule has 0 fully saturated rings. The molecule has 0 bridgehead atoms. The van der Waals surface area contributed by atoms with Crippen LogP contribution in [0.3, 0.4) is 0 Å². The van der Waals surface area contributed by atoms with Crippen molar-refractivity contribution in [1.82, 2.24) is 0 Å². The molecule has 3 heteroatoms. The zero-order chi connectivity index (χ0) is 14.4. The fourth-order valence-electron chi connectivity index (χ4n) is 2.41. The first-order chi connectivity index (χ1) is 9.74. The van der Waals surface area contributed by atoms with Crippen LogP contribution < -0.4 is 5.73 Å². The van der Waals surface area contributed by atoms with Gasteiger partial charge in [-0.3, -0.25) is 4.79 Å². The van der Waals surface area contributed by atoms with Crippen molar-refractivity contribution in [3.8, 4) is 11.1 Å². The normalized spacial score (nSPS) is 12.3. The SMILES string of the molecule is CCC(=O)C[C@@H](CCN)c1cccc(-c2ccsc2)c1. The van der Waals surface area contributed by atoms with Crippen LogP contribution in [0.2, 0.25) is 0 Å². The topological polar surface area (TPSA) is 43.1 Å². The van der Waals surface area contributed by atoms with Crippen LogP contribution in [0.1, 0.15) is 37.7 Å². The van der Waals surface area contributed by atoms with Crippen molar-refractivity contribution in [2.24, 2.45) is 5.73 Å². The number of ketones is 1. The van der Waals surface area contributed by atoms with E-state index in [2.05, 4.69) is 41.1 Å². The molecule has 0 aliphatic rings. The fraction of sp³-hybridized carbons (Fsp3) is 0.353. The zero-order valence-corrected chi connectivity index (χ0v) is 12.7. The minimum atomic E-state index is 0.242. The molecule has 0 amide bonds. The summed E-state index contributed by atoms with van der Waals surface area (Å²) >= 11 is 1.70. The van der Waals surface area contributed by atoms with Crippen LogP contribution in [0, 0.1) is 0 Å². The molecule has 2 rings (SSSR count). The first-order valence-corrected chi connectivity index (χ1v) is 8.03. The van der Waals surface area contributed by atoms with Crippen LogP contribution in [0.5, 0.6) is 0 Å². The average molecular weight is 287 g/mol. The van der Waals surface area contributed by atoms with Crippen molar-refractivity contribution in [3.63, 3.8) is 0 Å². The van der Waals surface area contributed by atoms with Crippen molar-refractivity contribution in [1.29, 1.82) is 0 Å². The van der Waals surface area contributed by atoms with Gasteiger partial charge in [-0.25, -0.2) is 0 Å². The lowest BCUT2D eigenvalue weighted by Crippen LogP contribution is -2.11. The molecule has 1 aromatic carbocycles. The van der Waals surface area contributed by atoms with Gasteiger partial charge in [-0.2, -0.15) is 11.3 Å². The quantitative estimate of drug-likeness (QED) is 0.828. The summed E-state index contributed by atoms with van der Waals surface area (Å²) in [4.78, 5) is 11.7. The first kappa shape index (κ1) is 14.9. The number of Topliss-reactive ketones (excluding diaryl/α,β-unsaturated/α-hetero) is 1. The summed E-state index contributed by atoms with van der Waals surface area (Å²) in [5.74, 6) is 0.551.